The van der Waals surface area contributed by atoms with E-state index in [1.54, 1.807) is 0 Å². The molecule has 1 heteroatoms. The number of benzene rings is 2. The van der Waals surface area contributed by atoms with E-state index in [0.717, 1.165) is 12.8 Å². The van der Waals surface area contributed by atoms with Gasteiger partial charge in [-0.05, 0) is 54.9 Å². The van der Waals surface area contributed by atoms with Gasteiger partial charge in [0.2, 0.25) is 0 Å². The molecule has 2 aromatic rings. The van der Waals surface area contributed by atoms with E-state index in [2.05, 4.69) is 63.2 Å². The molecule has 2 N–H and O–H groups in total. The maximum absolute atomic E-state index is 6.91. The normalized spacial score (nSPS) is 25.3. The van der Waals surface area contributed by atoms with Crippen LogP contribution in [0.15, 0.2) is 42.5 Å². The predicted molar refractivity (Wildman–Crippen MR) is 85.0 cm³/mol. The third kappa shape index (κ3) is 1.97. The van der Waals surface area contributed by atoms with Crippen molar-refractivity contribution in [2.45, 2.75) is 45.1 Å². The van der Waals surface area contributed by atoms with Crippen LogP contribution in [0.4, 0.5) is 0 Å². The molecule has 1 aliphatic rings. The second-order valence-corrected chi connectivity index (χ2v) is 6.32. The maximum Gasteiger partial charge on any atom is 0.0671 e. The van der Waals surface area contributed by atoms with E-state index >= 15 is 0 Å². The summed E-state index contributed by atoms with van der Waals surface area (Å²) in [6.07, 6.45) is 2.18. The van der Waals surface area contributed by atoms with Crippen molar-refractivity contribution in [2.24, 2.45) is 5.73 Å². The SMILES string of the molecule is Cc1ccc(C2(N)CCC(C)c3ccccc32)c(C)c1. The summed E-state index contributed by atoms with van der Waals surface area (Å²) in [6, 6.07) is 15.3. The minimum atomic E-state index is -0.332. The van der Waals surface area contributed by atoms with Crippen LogP contribution in [0.5, 0.6) is 0 Å². The van der Waals surface area contributed by atoms with E-state index in [0.29, 0.717) is 5.92 Å². The van der Waals surface area contributed by atoms with E-state index in [1.807, 2.05) is 0 Å². The Morgan fingerprint density at radius 2 is 1.80 bits per heavy atom. The number of rotatable bonds is 1. The zero-order valence-corrected chi connectivity index (χ0v) is 12.6. The van der Waals surface area contributed by atoms with Crippen molar-refractivity contribution in [1.29, 1.82) is 0 Å². The van der Waals surface area contributed by atoms with Crippen molar-refractivity contribution in [3.63, 3.8) is 0 Å². The summed E-state index contributed by atoms with van der Waals surface area (Å²) in [4.78, 5) is 0. The van der Waals surface area contributed by atoms with E-state index in [1.165, 1.54) is 27.8 Å². The molecule has 104 valence electrons. The molecule has 0 bridgehead atoms. The van der Waals surface area contributed by atoms with Gasteiger partial charge in [-0.2, -0.15) is 0 Å². The van der Waals surface area contributed by atoms with E-state index < -0.39 is 0 Å². The van der Waals surface area contributed by atoms with Gasteiger partial charge in [0.25, 0.3) is 0 Å². The summed E-state index contributed by atoms with van der Waals surface area (Å²) in [5.74, 6) is 0.605. The lowest BCUT2D eigenvalue weighted by atomic mass is 9.69. The summed E-state index contributed by atoms with van der Waals surface area (Å²) in [5, 5.41) is 0. The van der Waals surface area contributed by atoms with Crippen molar-refractivity contribution >= 4 is 0 Å². The number of aryl methyl sites for hydroxylation is 2. The van der Waals surface area contributed by atoms with Crippen LogP contribution in [0.2, 0.25) is 0 Å². The van der Waals surface area contributed by atoms with Crippen LogP contribution in [0.25, 0.3) is 0 Å². The molecule has 1 aliphatic carbocycles. The lowest BCUT2D eigenvalue weighted by Crippen LogP contribution is -2.42. The average Bonchev–Trinajstić information content (AvgIpc) is 2.43. The molecule has 3 rings (SSSR count). The van der Waals surface area contributed by atoms with Crippen molar-refractivity contribution < 1.29 is 0 Å². The number of nitrogens with two attached hydrogens (primary N) is 1. The maximum atomic E-state index is 6.91. The fraction of sp³-hybridized carbons (Fsp3) is 0.368. The van der Waals surface area contributed by atoms with E-state index in [-0.39, 0.29) is 5.54 Å². The Balaban J connectivity index is 2.20. The molecule has 0 spiro atoms. The van der Waals surface area contributed by atoms with Crippen LogP contribution < -0.4 is 5.73 Å². The van der Waals surface area contributed by atoms with Gasteiger partial charge in [0.05, 0.1) is 5.54 Å². The Bertz CT molecular complexity index is 644. The number of fused-ring (bicyclic) bond motifs is 1. The van der Waals surface area contributed by atoms with Gasteiger partial charge in [0.1, 0.15) is 0 Å². The monoisotopic (exact) mass is 265 g/mol. The molecule has 0 saturated heterocycles. The van der Waals surface area contributed by atoms with Crippen LogP contribution in [-0.2, 0) is 5.54 Å². The Morgan fingerprint density at radius 3 is 2.55 bits per heavy atom. The number of hydrogen-bond acceptors (Lipinski definition) is 1. The first-order chi connectivity index (χ1) is 9.52. The van der Waals surface area contributed by atoms with E-state index in [9.17, 15) is 0 Å². The topological polar surface area (TPSA) is 26.0 Å². The van der Waals surface area contributed by atoms with Gasteiger partial charge in [-0.1, -0.05) is 55.0 Å². The lowest BCUT2D eigenvalue weighted by Gasteiger charge is -2.40. The van der Waals surface area contributed by atoms with Crippen molar-refractivity contribution in [3.05, 3.63) is 70.3 Å². The second kappa shape index (κ2) is 4.75. The van der Waals surface area contributed by atoms with Gasteiger partial charge in [-0.25, -0.2) is 0 Å². The first kappa shape index (κ1) is 13.4. The highest BCUT2D eigenvalue weighted by atomic mass is 14.8. The van der Waals surface area contributed by atoms with Crippen molar-refractivity contribution in [1.82, 2.24) is 0 Å². The molecule has 2 atom stereocenters. The van der Waals surface area contributed by atoms with Gasteiger partial charge in [0.15, 0.2) is 0 Å². The molecule has 0 amide bonds. The van der Waals surface area contributed by atoms with Crippen LogP contribution in [0, 0.1) is 13.8 Å². The molecule has 2 unspecified atom stereocenters. The Kier molecular flexibility index (Phi) is 3.18. The van der Waals surface area contributed by atoms with Crippen LogP contribution >= 0.6 is 0 Å². The average molecular weight is 265 g/mol. The first-order valence-electron chi connectivity index (χ1n) is 7.48. The molecule has 0 aliphatic heterocycles. The molecule has 0 saturated carbocycles. The minimum absolute atomic E-state index is 0.332. The highest BCUT2D eigenvalue weighted by molar-refractivity contribution is 5.49. The van der Waals surface area contributed by atoms with Gasteiger partial charge in [-0.3, -0.25) is 0 Å². The fourth-order valence-corrected chi connectivity index (χ4v) is 3.66. The van der Waals surface area contributed by atoms with Crippen molar-refractivity contribution in [2.75, 3.05) is 0 Å². The molecule has 20 heavy (non-hydrogen) atoms. The Labute approximate surface area is 121 Å². The molecule has 2 aromatic carbocycles. The molecule has 0 radical (unpaired) electrons. The summed E-state index contributed by atoms with van der Waals surface area (Å²) >= 11 is 0. The molecule has 1 nitrogen and oxygen atoms in total. The highest BCUT2D eigenvalue weighted by Crippen LogP contribution is 2.44. The molecular formula is C19H23N. The van der Waals surface area contributed by atoms with E-state index in [4.69, 9.17) is 5.73 Å². The summed E-state index contributed by atoms with van der Waals surface area (Å²) < 4.78 is 0. The van der Waals surface area contributed by atoms with Gasteiger partial charge in [0, 0.05) is 0 Å². The zero-order chi connectivity index (χ0) is 14.3. The smallest absolute Gasteiger partial charge is 0.0671 e. The van der Waals surface area contributed by atoms with Gasteiger partial charge >= 0.3 is 0 Å². The summed E-state index contributed by atoms with van der Waals surface area (Å²) in [6.45, 7) is 6.62. The fourth-order valence-electron chi connectivity index (χ4n) is 3.66. The molecule has 0 aromatic heterocycles. The highest BCUT2D eigenvalue weighted by Gasteiger charge is 2.37. The van der Waals surface area contributed by atoms with Crippen molar-refractivity contribution in [3.8, 4) is 0 Å². The first-order valence-corrected chi connectivity index (χ1v) is 7.48. The van der Waals surface area contributed by atoms with Gasteiger partial charge < -0.3 is 5.73 Å². The zero-order valence-electron chi connectivity index (χ0n) is 12.6. The standard InChI is InChI=1S/C19H23N/c1-13-8-9-17(15(3)12-13)19(20)11-10-14(2)16-6-4-5-7-18(16)19/h4-9,12,14H,10-11,20H2,1-3H3. The Hall–Kier alpha value is -1.60. The second-order valence-electron chi connectivity index (χ2n) is 6.32. The minimum Gasteiger partial charge on any atom is -0.318 e. The van der Waals surface area contributed by atoms with Crippen LogP contribution in [0.1, 0.15) is 53.5 Å². The van der Waals surface area contributed by atoms with Crippen LogP contribution in [0.3, 0.4) is 0 Å². The largest absolute Gasteiger partial charge is 0.318 e. The third-order valence-electron chi connectivity index (χ3n) is 4.81. The van der Waals surface area contributed by atoms with Crippen LogP contribution in [-0.4, -0.2) is 0 Å². The third-order valence-corrected chi connectivity index (χ3v) is 4.81. The predicted octanol–water partition coefficient (Wildman–Crippen LogP) is 4.40. The van der Waals surface area contributed by atoms with Gasteiger partial charge in [-0.15, -0.1) is 0 Å². The quantitative estimate of drug-likeness (QED) is 0.812. The molecule has 0 fully saturated rings. The Morgan fingerprint density at radius 1 is 1.05 bits per heavy atom. The molecular weight excluding hydrogens is 242 g/mol. The summed E-state index contributed by atoms with van der Waals surface area (Å²) in [5.41, 5.74) is 13.2. The lowest BCUT2D eigenvalue weighted by molar-refractivity contribution is 0.410. The number of hydrogen-bond donors (Lipinski definition) is 1. The summed E-state index contributed by atoms with van der Waals surface area (Å²) in [7, 11) is 0. The molecule has 0 heterocycles.